The normalized spacial score (nSPS) is 17.1. The van der Waals surface area contributed by atoms with Gasteiger partial charge >= 0.3 is 5.97 Å². The second-order valence-corrected chi connectivity index (χ2v) is 9.13. The van der Waals surface area contributed by atoms with Gasteiger partial charge in [0, 0.05) is 7.05 Å². The molecule has 4 aromatic rings. The van der Waals surface area contributed by atoms with E-state index in [9.17, 15) is 9.90 Å². The molecule has 1 aliphatic rings. The molecule has 38 heavy (non-hydrogen) atoms. The maximum atomic E-state index is 11.4. The Morgan fingerprint density at radius 3 is 2.68 bits per heavy atom. The molecule has 1 aliphatic carbocycles. The summed E-state index contributed by atoms with van der Waals surface area (Å²) < 4.78 is 19.4. The van der Waals surface area contributed by atoms with E-state index in [1.807, 2.05) is 49.4 Å². The van der Waals surface area contributed by atoms with Crippen molar-refractivity contribution in [1.82, 2.24) is 29.9 Å². The lowest BCUT2D eigenvalue weighted by Crippen LogP contribution is -2.29. The van der Waals surface area contributed by atoms with Crippen LogP contribution in [0, 0.1) is 12.8 Å². The van der Waals surface area contributed by atoms with Crippen molar-refractivity contribution >= 4 is 5.97 Å². The Morgan fingerprint density at radius 2 is 1.89 bits per heavy atom. The van der Waals surface area contributed by atoms with E-state index in [1.54, 1.807) is 11.7 Å². The molecule has 196 valence electrons. The molecule has 2 atom stereocenters. The van der Waals surface area contributed by atoms with Gasteiger partial charge in [0.05, 0.1) is 35.8 Å². The van der Waals surface area contributed by atoms with Gasteiger partial charge in [-0.15, -0.1) is 5.10 Å². The smallest absolute Gasteiger partial charge is 0.306 e. The molecule has 11 heteroatoms. The fourth-order valence-corrected chi connectivity index (χ4v) is 4.40. The van der Waals surface area contributed by atoms with Crippen LogP contribution in [0.4, 0.5) is 0 Å². The van der Waals surface area contributed by atoms with E-state index < -0.39 is 5.97 Å². The van der Waals surface area contributed by atoms with Crippen molar-refractivity contribution in [2.45, 2.75) is 45.3 Å². The lowest BCUT2D eigenvalue weighted by atomic mass is 9.87. The molecule has 0 unspecified atom stereocenters. The standard InChI is InChI=1S/C27H28N6O5/c1-17-23(37-20-10-6-7-18(13-20)27(34)35)12-11-21(29-17)26-22(33(2)32-31-26)16-36-24-14-28-15-25(30-24)38-19-8-4-3-5-9-19/h3-5,8-9,11-12,14-15,18,20H,6-7,10,13,16H2,1-2H3,(H,34,35)/t18-,20-/m0/s1. The first-order chi connectivity index (χ1) is 18.5. The van der Waals surface area contributed by atoms with Crippen LogP contribution < -0.4 is 14.2 Å². The maximum absolute atomic E-state index is 11.4. The number of pyridine rings is 1. The summed E-state index contributed by atoms with van der Waals surface area (Å²) in [6.07, 6.45) is 5.75. The predicted octanol–water partition coefficient (Wildman–Crippen LogP) is 4.37. The number of carboxylic acid groups (broad SMARTS) is 1. The van der Waals surface area contributed by atoms with Crippen LogP contribution in [-0.2, 0) is 18.4 Å². The topological polar surface area (TPSA) is 134 Å². The second-order valence-electron chi connectivity index (χ2n) is 9.13. The molecular weight excluding hydrogens is 488 g/mol. The highest BCUT2D eigenvalue weighted by atomic mass is 16.5. The Kier molecular flexibility index (Phi) is 7.43. The minimum Gasteiger partial charge on any atom is -0.489 e. The molecule has 0 aliphatic heterocycles. The minimum absolute atomic E-state index is 0.139. The zero-order valence-corrected chi connectivity index (χ0v) is 21.1. The number of aromatic nitrogens is 6. The van der Waals surface area contributed by atoms with Crippen LogP contribution in [0.2, 0.25) is 0 Å². The number of carbonyl (C=O) groups is 1. The summed E-state index contributed by atoms with van der Waals surface area (Å²) >= 11 is 0. The third-order valence-corrected chi connectivity index (χ3v) is 6.40. The number of benzene rings is 1. The molecule has 0 radical (unpaired) electrons. The molecule has 0 saturated heterocycles. The number of carboxylic acids is 1. The Morgan fingerprint density at radius 1 is 1.08 bits per heavy atom. The van der Waals surface area contributed by atoms with Crippen LogP contribution in [0.1, 0.15) is 37.1 Å². The lowest BCUT2D eigenvalue weighted by molar-refractivity contribution is -0.143. The van der Waals surface area contributed by atoms with Crippen molar-refractivity contribution in [3.8, 4) is 34.6 Å². The van der Waals surface area contributed by atoms with E-state index in [1.165, 1.54) is 12.4 Å². The fraction of sp³-hybridized carbons (Fsp3) is 0.333. The zero-order chi connectivity index (χ0) is 26.5. The monoisotopic (exact) mass is 516 g/mol. The lowest BCUT2D eigenvalue weighted by Gasteiger charge is -2.27. The fourth-order valence-electron chi connectivity index (χ4n) is 4.40. The Balaban J connectivity index is 1.27. The first kappa shape index (κ1) is 25.1. The first-order valence-electron chi connectivity index (χ1n) is 12.4. The molecule has 1 N–H and O–H groups in total. The number of rotatable bonds is 9. The highest BCUT2D eigenvalue weighted by Gasteiger charge is 2.28. The number of hydrogen-bond acceptors (Lipinski definition) is 9. The summed E-state index contributed by atoms with van der Waals surface area (Å²) in [5.74, 6) is 0.775. The van der Waals surface area contributed by atoms with E-state index in [-0.39, 0.29) is 18.6 Å². The third-order valence-electron chi connectivity index (χ3n) is 6.40. The van der Waals surface area contributed by atoms with Gasteiger partial charge in [0.2, 0.25) is 11.8 Å². The zero-order valence-electron chi connectivity index (χ0n) is 21.1. The highest BCUT2D eigenvalue weighted by Crippen LogP contribution is 2.31. The minimum atomic E-state index is -0.762. The van der Waals surface area contributed by atoms with Crippen LogP contribution in [-0.4, -0.2) is 47.1 Å². The number of aliphatic carboxylic acids is 1. The molecule has 0 spiro atoms. The summed E-state index contributed by atoms with van der Waals surface area (Å²) in [6, 6.07) is 13.0. The molecule has 5 rings (SSSR count). The van der Waals surface area contributed by atoms with Crippen molar-refractivity contribution in [2.24, 2.45) is 13.0 Å². The Hall–Kier alpha value is -4.54. The van der Waals surface area contributed by atoms with Crippen molar-refractivity contribution in [1.29, 1.82) is 0 Å². The summed E-state index contributed by atoms with van der Waals surface area (Å²) in [5, 5.41) is 17.8. The van der Waals surface area contributed by atoms with Crippen molar-refractivity contribution in [2.75, 3.05) is 0 Å². The third kappa shape index (κ3) is 5.88. The SMILES string of the molecule is Cc1nc(-c2nnn(C)c2COc2cncc(Oc3ccccc3)n2)ccc1O[C@H]1CCC[C@H](C(=O)O)C1. The molecular formula is C27H28N6O5. The van der Waals surface area contributed by atoms with Gasteiger partial charge < -0.3 is 19.3 Å². The Bertz CT molecular complexity index is 1410. The van der Waals surface area contributed by atoms with Gasteiger partial charge in [-0.25, -0.2) is 9.67 Å². The predicted molar refractivity (Wildman–Crippen MR) is 136 cm³/mol. The number of aryl methyl sites for hydroxylation is 2. The molecule has 3 heterocycles. The van der Waals surface area contributed by atoms with Crippen molar-refractivity contribution < 1.29 is 24.1 Å². The summed E-state index contributed by atoms with van der Waals surface area (Å²) in [7, 11) is 1.78. The highest BCUT2D eigenvalue weighted by molar-refractivity contribution is 5.70. The number of para-hydroxylation sites is 1. The molecule has 1 aromatic carbocycles. The van der Waals surface area contributed by atoms with E-state index in [0.29, 0.717) is 58.9 Å². The first-order valence-corrected chi connectivity index (χ1v) is 12.4. The van der Waals surface area contributed by atoms with Gasteiger partial charge in [-0.1, -0.05) is 23.4 Å². The number of ether oxygens (including phenoxy) is 3. The van der Waals surface area contributed by atoms with Crippen molar-refractivity contribution in [3.05, 3.63) is 66.2 Å². The number of hydrogen-bond donors (Lipinski definition) is 1. The second kappa shape index (κ2) is 11.2. The summed E-state index contributed by atoms with van der Waals surface area (Å²) in [4.78, 5) is 24.6. The summed E-state index contributed by atoms with van der Waals surface area (Å²) in [6.45, 7) is 2.00. The van der Waals surface area contributed by atoms with Crippen LogP contribution >= 0.6 is 0 Å². The average Bonchev–Trinajstić information content (AvgIpc) is 3.29. The van der Waals surface area contributed by atoms with Crippen LogP contribution in [0.25, 0.3) is 11.4 Å². The van der Waals surface area contributed by atoms with E-state index >= 15 is 0 Å². The molecule has 11 nitrogen and oxygen atoms in total. The quantitative estimate of drug-likeness (QED) is 0.342. The van der Waals surface area contributed by atoms with E-state index in [4.69, 9.17) is 19.2 Å². The van der Waals surface area contributed by atoms with E-state index in [2.05, 4.69) is 20.3 Å². The van der Waals surface area contributed by atoms with Gasteiger partial charge in [-0.05, 0) is 56.9 Å². The van der Waals surface area contributed by atoms with Gasteiger partial charge in [0.15, 0.2) is 0 Å². The van der Waals surface area contributed by atoms with E-state index in [0.717, 1.165) is 12.8 Å². The van der Waals surface area contributed by atoms with Crippen LogP contribution in [0.5, 0.6) is 23.3 Å². The maximum Gasteiger partial charge on any atom is 0.306 e. The average molecular weight is 517 g/mol. The summed E-state index contributed by atoms with van der Waals surface area (Å²) in [5.41, 5.74) is 2.60. The van der Waals surface area contributed by atoms with Gasteiger partial charge in [0.1, 0.15) is 29.5 Å². The molecule has 1 fully saturated rings. The van der Waals surface area contributed by atoms with Crippen molar-refractivity contribution in [3.63, 3.8) is 0 Å². The van der Waals surface area contributed by atoms with Gasteiger partial charge in [0.25, 0.3) is 0 Å². The largest absolute Gasteiger partial charge is 0.489 e. The van der Waals surface area contributed by atoms with Gasteiger partial charge in [-0.2, -0.15) is 4.98 Å². The molecule has 3 aromatic heterocycles. The molecule has 1 saturated carbocycles. The van der Waals surface area contributed by atoms with Gasteiger partial charge in [-0.3, -0.25) is 9.78 Å². The van der Waals surface area contributed by atoms with Crippen LogP contribution in [0.15, 0.2) is 54.9 Å². The molecule has 0 amide bonds. The Labute approximate surface area is 219 Å². The number of nitrogens with zero attached hydrogens (tertiary/aromatic N) is 6. The van der Waals surface area contributed by atoms with Crippen LogP contribution in [0.3, 0.4) is 0 Å². The molecule has 0 bridgehead atoms.